The zero-order valence-electron chi connectivity index (χ0n) is 14.6. The molecule has 0 aliphatic rings. The molecule has 1 amide bonds. The minimum Gasteiger partial charge on any atom is -0.375 e. The molecule has 0 spiro atoms. The van der Waals surface area contributed by atoms with Gasteiger partial charge in [0.1, 0.15) is 11.5 Å². The maximum atomic E-state index is 13.1. The van der Waals surface area contributed by atoms with Crippen LogP contribution in [0.25, 0.3) is 5.69 Å². The summed E-state index contributed by atoms with van der Waals surface area (Å²) in [7, 11) is 1.57. The number of hydrogen-bond acceptors (Lipinski definition) is 4. The number of nitrogens with zero attached hydrogens (tertiary/aromatic N) is 2. The van der Waals surface area contributed by atoms with Crippen LogP contribution in [0.5, 0.6) is 0 Å². The topological polar surface area (TPSA) is 73.2 Å². The highest BCUT2D eigenvalue weighted by atomic mass is 19.1. The van der Waals surface area contributed by atoms with Gasteiger partial charge in [-0.2, -0.15) is 9.78 Å². The number of rotatable bonds is 6. The number of amides is 1. The molecular formula is C20H18FN3O3. The Morgan fingerprint density at radius 3 is 2.48 bits per heavy atom. The number of nitrogens with one attached hydrogen (secondary N) is 1. The number of hydrogen-bond donors (Lipinski definition) is 1. The highest BCUT2D eigenvalue weighted by Gasteiger charge is 2.15. The third-order valence-corrected chi connectivity index (χ3v) is 4.01. The van der Waals surface area contributed by atoms with Crippen molar-refractivity contribution in [1.82, 2.24) is 15.1 Å². The highest BCUT2D eigenvalue weighted by molar-refractivity contribution is 5.92. The van der Waals surface area contributed by atoms with Gasteiger partial charge in [-0.05, 0) is 35.9 Å². The van der Waals surface area contributed by atoms with Gasteiger partial charge in [-0.3, -0.25) is 9.59 Å². The van der Waals surface area contributed by atoms with E-state index in [1.165, 1.54) is 36.4 Å². The Balaban J connectivity index is 1.76. The summed E-state index contributed by atoms with van der Waals surface area (Å²) in [5, 5.41) is 6.83. The van der Waals surface area contributed by atoms with E-state index in [9.17, 15) is 14.0 Å². The maximum absolute atomic E-state index is 13.1. The number of ether oxygens (including phenoxy) is 1. The predicted octanol–water partition coefficient (Wildman–Crippen LogP) is 2.49. The van der Waals surface area contributed by atoms with Crippen LogP contribution >= 0.6 is 0 Å². The van der Waals surface area contributed by atoms with Gasteiger partial charge >= 0.3 is 0 Å². The molecule has 0 fully saturated rings. The predicted molar refractivity (Wildman–Crippen MR) is 98.3 cm³/mol. The average Bonchev–Trinajstić information content (AvgIpc) is 2.70. The molecule has 0 aliphatic carbocycles. The first-order valence-electron chi connectivity index (χ1n) is 8.31. The summed E-state index contributed by atoms with van der Waals surface area (Å²) in [6.07, 6.45) is -0.307. The van der Waals surface area contributed by atoms with E-state index in [1.54, 1.807) is 7.11 Å². The first kappa shape index (κ1) is 18.5. The van der Waals surface area contributed by atoms with E-state index in [1.807, 2.05) is 30.3 Å². The Kier molecular flexibility index (Phi) is 5.73. The second-order valence-electron chi connectivity index (χ2n) is 5.79. The Labute approximate surface area is 155 Å². The number of carbonyl (C=O) groups excluding carboxylic acids is 1. The van der Waals surface area contributed by atoms with Crippen LogP contribution in [-0.4, -0.2) is 29.3 Å². The normalized spacial score (nSPS) is 11.8. The number of halogens is 1. The molecule has 138 valence electrons. The Morgan fingerprint density at radius 1 is 1.11 bits per heavy atom. The van der Waals surface area contributed by atoms with Gasteiger partial charge in [0, 0.05) is 19.7 Å². The summed E-state index contributed by atoms with van der Waals surface area (Å²) >= 11 is 0. The van der Waals surface area contributed by atoms with Crippen molar-refractivity contribution in [2.45, 2.75) is 6.10 Å². The second kappa shape index (κ2) is 8.37. The van der Waals surface area contributed by atoms with Crippen molar-refractivity contribution in [3.63, 3.8) is 0 Å². The van der Waals surface area contributed by atoms with Crippen molar-refractivity contribution >= 4 is 5.91 Å². The summed E-state index contributed by atoms with van der Waals surface area (Å²) < 4.78 is 19.6. The fraction of sp³-hybridized carbons (Fsp3) is 0.150. The quantitative estimate of drug-likeness (QED) is 0.727. The van der Waals surface area contributed by atoms with Gasteiger partial charge in [0.25, 0.3) is 11.5 Å². The molecule has 0 bridgehead atoms. The molecule has 1 aromatic heterocycles. The van der Waals surface area contributed by atoms with Gasteiger partial charge in [0.2, 0.25) is 0 Å². The lowest BCUT2D eigenvalue weighted by atomic mass is 10.1. The molecule has 1 heterocycles. The molecule has 1 atom stereocenters. The lowest BCUT2D eigenvalue weighted by Crippen LogP contribution is -2.32. The van der Waals surface area contributed by atoms with Crippen molar-refractivity contribution in [3.8, 4) is 5.69 Å². The third kappa shape index (κ3) is 4.45. The van der Waals surface area contributed by atoms with Crippen LogP contribution in [0.3, 0.4) is 0 Å². The van der Waals surface area contributed by atoms with Crippen molar-refractivity contribution in [3.05, 3.63) is 94.2 Å². The Hall–Kier alpha value is -3.32. The minimum absolute atomic E-state index is 0.0711. The first-order valence-corrected chi connectivity index (χ1v) is 8.31. The molecule has 27 heavy (non-hydrogen) atoms. The molecular weight excluding hydrogens is 349 g/mol. The zero-order chi connectivity index (χ0) is 19.2. The molecule has 1 N–H and O–H groups in total. The minimum atomic E-state index is -0.441. The van der Waals surface area contributed by atoms with Gasteiger partial charge in [-0.25, -0.2) is 4.39 Å². The molecule has 0 saturated carbocycles. The molecule has 6 nitrogen and oxygen atoms in total. The number of benzene rings is 2. The highest BCUT2D eigenvalue weighted by Crippen LogP contribution is 2.15. The van der Waals surface area contributed by atoms with Crippen LogP contribution < -0.4 is 10.9 Å². The lowest BCUT2D eigenvalue weighted by molar-refractivity contribution is 0.0823. The fourth-order valence-corrected chi connectivity index (χ4v) is 2.58. The average molecular weight is 367 g/mol. The van der Waals surface area contributed by atoms with Crippen LogP contribution in [0, 0.1) is 5.82 Å². The molecule has 3 aromatic rings. The Bertz CT molecular complexity index is 972. The van der Waals surface area contributed by atoms with Gasteiger partial charge < -0.3 is 10.1 Å². The Morgan fingerprint density at radius 2 is 1.81 bits per heavy atom. The van der Waals surface area contributed by atoms with Crippen LogP contribution in [0.4, 0.5) is 4.39 Å². The second-order valence-corrected chi connectivity index (χ2v) is 5.79. The van der Waals surface area contributed by atoms with E-state index < -0.39 is 17.3 Å². The summed E-state index contributed by atoms with van der Waals surface area (Å²) in [6.45, 7) is 0.247. The summed E-state index contributed by atoms with van der Waals surface area (Å²) in [6, 6.07) is 17.4. The van der Waals surface area contributed by atoms with Crippen molar-refractivity contribution in [2.24, 2.45) is 0 Å². The third-order valence-electron chi connectivity index (χ3n) is 4.01. The summed E-state index contributed by atoms with van der Waals surface area (Å²) in [5.74, 6) is -0.865. The van der Waals surface area contributed by atoms with E-state index in [-0.39, 0.29) is 18.3 Å². The van der Waals surface area contributed by atoms with Crippen LogP contribution in [-0.2, 0) is 4.74 Å². The van der Waals surface area contributed by atoms with Gasteiger partial charge in [-0.15, -0.1) is 0 Å². The largest absolute Gasteiger partial charge is 0.375 e. The van der Waals surface area contributed by atoms with Crippen LogP contribution in [0.15, 0.2) is 71.5 Å². The summed E-state index contributed by atoms with van der Waals surface area (Å²) in [4.78, 5) is 24.5. The monoisotopic (exact) mass is 367 g/mol. The van der Waals surface area contributed by atoms with Crippen LogP contribution in [0.1, 0.15) is 22.2 Å². The smallest absolute Gasteiger partial charge is 0.271 e. The first-order chi connectivity index (χ1) is 13.1. The number of carbonyl (C=O) groups is 1. The van der Waals surface area contributed by atoms with Crippen molar-refractivity contribution in [2.75, 3.05) is 13.7 Å². The van der Waals surface area contributed by atoms with Crippen LogP contribution in [0.2, 0.25) is 0 Å². The standard InChI is InChI=1S/C20H18FN3O3/c1-27-18(14-5-3-2-4-6-14)13-22-20(26)17-11-12-19(25)24(23-17)16-9-7-15(21)8-10-16/h2-12,18H,13H2,1H3,(H,22,26)/t18-/m0/s1. The van der Waals surface area contributed by atoms with E-state index in [4.69, 9.17) is 4.74 Å². The fourth-order valence-electron chi connectivity index (χ4n) is 2.58. The molecule has 0 radical (unpaired) electrons. The number of aromatic nitrogens is 2. The lowest BCUT2D eigenvalue weighted by Gasteiger charge is -2.16. The van der Waals surface area contributed by atoms with E-state index >= 15 is 0 Å². The molecule has 3 rings (SSSR count). The molecule has 7 heteroatoms. The van der Waals surface area contributed by atoms with E-state index in [0.717, 1.165) is 10.2 Å². The number of methoxy groups -OCH3 is 1. The SMILES string of the molecule is CO[C@@H](CNC(=O)c1ccc(=O)n(-c2ccc(F)cc2)n1)c1ccccc1. The van der Waals surface area contributed by atoms with Gasteiger partial charge in [0.15, 0.2) is 0 Å². The van der Waals surface area contributed by atoms with E-state index in [0.29, 0.717) is 5.69 Å². The van der Waals surface area contributed by atoms with Crippen molar-refractivity contribution < 1.29 is 13.9 Å². The van der Waals surface area contributed by atoms with Gasteiger partial charge in [0.05, 0.1) is 11.8 Å². The van der Waals surface area contributed by atoms with Crippen molar-refractivity contribution in [1.29, 1.82) is 0 Å². The van der Waals surface area contributed by atoms with E-state index in [2.05, 4.69) is 10.4 Å². The molecule has 0 aliphatic heterocycles. The zero-order valence-corrected chi connectivity index (χ0v) is 14.6. The molecule has 0 saturated heterocycles. The molecule has 0 unspecified atom stereocenters. The molecule has 2 aromatic carbocycles. The van der Waals surface area contributed by atoms with Gasteiger partial charge in [-0.1, -0.05) is 30.3 Å². The summed E-state index contributed by atoms with van der Waals surface area (Å²) in [5.41, 5.74) is 0.957. The maximum Gasteiger partial charge on any atom is 0.271 e.